The molecule has 13 aromatic carbocycles. The van der Waals surface area contributed by atoms with E-state index in [9.17, 15) is 0 Å². The van der Waals surface area contributed by atoms with Gasteiger partial charge in [-0.25, -0.2) is 0 Å². The highest BCUT2D eigenvalue weighted by atomic mass is 15.1. The van der Waals surface area contributed by atoms with E-state index in [0.717, 1.165) is 50.6 Å². The average Bonchev–Trinajstić information content (AvgIpc) is 3.81. The second-order valence-electron chi connectivity index (χ2n) is 19.2. The van der Waals surface area contributed by atoms with Crippen LogP contribution in [0.15, 0.2) is 291 Å². The number of para-hydroxylation sites is 3. The molecule has 0 aliphatic heterocycles. The van der Waals surface area contributed by atoms with Crippen LogP contribution in [0.5, 0.6) is 0 Å². The third-order valence-corrected chi connectivity index (χ3v) is 14.9. The maximum Gasteiger partial charge on any atom is 0.0541 e. The summed E-state index contributed by atoms with van der Waals surface area (Å²) in [6.45, 7) is 0. The highest BCUT2D eigenvalue weighted by molar-refractivity contribution is 6.22. The largest absolute Gasteiger partial charge is 0.310 e. The summed E-state index contributed by atoms with van der Waals surface area (Å²) in [5, 5.41) is 9.88. The van der Waals surface area contributed by atoms with Gasteiger partial charge in [-0.1, -0.05) is 224 Å². The summed E-state index contributed by atoms with van der Waals surface area (Å²) in [7, 11) is 0. The monoisotopic (exact) mass is 940 g/mol. The van der Waals surface area contributed by atoms with E-state index in [4.69, 9.17) is 0 Å². The van der Waals surface area contributed by atoms with Gasteiger partial charge in [0.25, 0.3) is 0 Å². The van der Waals surface area contributed by atoms with Crippen molar-refractivity contribution in [2.24, 2.45) is 0 Å². The lowest BCUT2D eigenvalue weighted by Crippen LogP contribution is -2.11. The molecule has 0 aliphatic carbocycles. The Labute approximate surface area is 430 Å². The molecular formula is C72H48N2. The first-order valence-electron chi connectivity index (χ1n) is 25.5. The Bertz CT molecular complexity index is 4410. The molecule has 0 N–H and O–H groups in total. The van der Waals surface area contributed by atoms with E-state index in [0.29, 0.717) is 0 Å². The van der Waals surface area contributed by atoms with E-state index in [-0.39, 0.29) is 0 Å². The van der Waals surface area contributed by atoms with Crippen LogP contribution in [0.25, 0.3) is 115 Å². The number of rotatable bonds is 9. The number of fused-ring (bicyclic) bond motifs is 7. The third-order valence-electron chi connectivity index (χ3n) is 14.9. The average molecular weight is 941 g/mol. The number of nitrogens with zero attached hydrogens (tertiary/aromatic N) is 2. The lowest BCUT2D eigenvalue weighted by atomic mass is 9.84. The lowest BCUT2D eigenvalue weighted by Gasteiger charge is -2.29. The minimum Gasteiger partial charge on any atom is -0.310 e. The van der Waals surface area contributed by atoms with E-state index in [1.165, 1.54) is 81.9 Å². The van der Waals surface area contributed by atoms with Crippen LogP contribution < -0.4 is 4.90 Å². The Morgan fingerprint density at radius 2 is 0.716 bits per heavy atom. The van der Waals surface area contributed by atoms with E-state index < -0.39 is 0 Å². The molecule has 0 aliphatic rings. The van der Waals surface area contributed by atoms with Gasteiger partial charge in [0, 0.05) is 33.4 Å². The normalized spacial score (nSPS) is 11.5. The molecule has 2 nitrogen and oxygen atoms in total. The number of anilines is 3. The zero-order valence-corrected chi connectivity index (χ0v) is 40.6. The molecule has 346 valence electrons. The summed E-state index contributed by atoms with van der Waals surface area (Å²) in [5.74, 6) is 0. The van der Waals surface area contributed by atoms with Crippen LogP contribution in [0.1, 0.15) is 0 Å². The zero-order chi connectivity index (χ0) is 49.0. The van der Waals surface area contributed by atoms with Crippen molar-refractivity contribution in [3.05, 3.63) is 291 Å². The number of aromatic nitrogens is 1. The molecule has 0 bridgehead atoms. The first kappa shape index (κ1) is 43.1. The molecule has 0 atom stereocenters. The fourth-order valence-corrected chi connectivity index (χ4v) is 11.6. The molecule has 2 heteroatoms. The van der Waals surface area contributed by atoms with Gasteiger partial charge < -0.3 is 9.47 Å². The molecular weight excluding hydrogens is 893 g/mol. The molecule has 0 unspecified atom stereocenters. The van der Waals surface area contributed by atoms with Crippen LogP contribution >= 0.6 is 0 Å². The van der Waals surface area contributed by atoms with Crippen LogP contribution in [0, 0.1) is 0 Å². The Hall–Kier alpha value is -9.76. The fraction of sp³-hybridized carbons (Fsp3) is 0. The van der Waals surface area contributed by atoms with Crippen LogP contribution in [-0.4, -0.2) is 4.57 Å². The predicted molar refractivity (Wildman–Crippen MR) is 315 cm³/mol. The SMILES string of the molecule is c1ccc(-c2c(-c3ccccc3)c3cc(-c4cccc(N(c5cccc(-c6cccc7ccccc67)c5)c5ccccc5-c5ccc6c(c5)c5ccccc5n6-c5ccccc5)c4)ccc3c3ccccc23)cc1. The summed E-state index contributed by atoms with van der Waals surface area (Å²) in [5.41, 5.74) is 18.6. The van der Waals surface area contributed by atoms with Gasteiger partial charge >= 0.3 is 0 Å². The molecule has 0 saturated carbocycles. The van der Waals surface area contributed by atoms with Crippen molar-refractivity contribution >= 4 is 71.2 Å². The quantitative estimate of drug-likeness (QED) is 0.131. The highest BCUT2D eigenvalue weighted by Crippen LogP contribution is 2.48. The first-order chi connectivity index (χ1) is 36.7. The van der Waals surface area contributed by atoms with Crippen LogP contribution in [0.2, 0.25) is 0 Å². The molecule has 74 heavy (non-hydrogen) atoms. The summed E-state index contributed by atoms with van der Waals surface area (Å²) < 4.78 is 2.39. The van der Waals surface area contributed by atoms with E-state index in [1.807, 2.05) is 0 Å². The van der Waals surface area contributed by atoms with Crippen molar-refractivity contribution in [2.45, 2.75) is 0 Å². The molecule has 0 amide bonds. The highest BCUT2D eigenvalue weighted by Gasteiger charge is 2.22. The smallest absolute Gasteiger partial charge is 0.0541 e. The summed E-state index contributed by atoms with van der Waals surface area (Å²) >= 11 is 0. The standard InChI is InChI=1S/C72H48N2/c1-4-22-50(23-5-1)71-65-37-13-12-35-62(65)63-43-41-53(47-67(63)72(71)51-24-6-2-7-25-51)52-27-18-31-57(45-52)73(58-32-19-28-54(46-58)60-38-20-26-49-21-10-11-33-59(49)60)68-39-16-14-34-61(68)55-42-44-70-66(48-55)64-36-15-17-40-69(64)74(70)56-29-8-3-9-30-56/h1-48H. The Morgan fingerprint density at radius 1 is 0.243 bits per heavy atom. The van der Waals surface area contributed by atoms with Crippen LogP contribution in [0.3, 0.4) is 0 Å². The van der Waals surface area contributed by atoms with Gasteiger partial charge in [0.05, 0.1) is 16.7 Å². The molecule has 0 saturated heterocycles. The summed E-state index contributed by atoms with van der Waals surface area (Å²) in [6.07, 6.45) is 0. The van der Waals surface area contributed by atoms with Gasteiger partial charge in [0.15, 0.2) is 0 Å². The summed E-state index contributed by atoms with van der Waals surface area (Å²) in [6, 6.07) is 107. The van der Waals surface area contributed by atoms with Crippen molar-refractivity contribution in [3.8, 4) is 61.3 Å². The molecule has 0 spiro atoms. The molecule has 0 fully saturated rings. The minimum absolute atomic E-state index is 1.07. The molecule has 1 aromatic heterocycles. The maximum absolute atomic E-state index is 2.46. The molecule has 14 aromatic rings. The van der Waals surface area contributed by atoms with Gasteiger partial charge in [-0.2, -0.15) is 0 Å². The van der Waals surface area contributed by atoms with E-state index >= 15 is 0 Å². The molecule has 14 rings (SSSR count). The maximum atomic E-state index is 2.46. The number of hydrogen-bond acceptors (Lipinski definition) is 1. The van der Waals surface area contributed by atoms with Crippen molar-refractivity contribution in [1.82, 2.24) is 4.57 Å². The second kappa shape index (κ2) is 18.1. The number of benzene rings is 13. The van der Waals surface area contributed by atoms with Crippen molar-refractivity contribution in [1.29, 1.82) is 0 Å². The number of hydrogen-bond donors (Lipinski definition) is 0. The predicted octanol–water partition coefficient (Wildman–Crippen LogP) is 20.0. The van der Waals surface area contributed by atoms with Gasteiger partial charge in [0.1, 0.15) is 0 Å². The molecule has 0 radical (unpaired) electrons. The van der Waals surface area contributed by atoms with Crippen molar-refractivity contribution in [3.63, 3.8) is 0 Å². The third kappa shape index (κ3) is 7.35. The molecule has 1 heterocycles. The van der Waals surface area contributed by atoms with Gasteiger partial charge in [-0.15, -0.1) is 0 Å². The van der Waals surface area contributed by atoms with Gasteiger partial charge in [-0.3, -0.25) is 0 Å². The van der Waals surface area contributed by atoms with E-state index in [1.54, 1.807) is 0 Å². The van der Waals surface area contributed by atoms with Gasteiger partial charge in [0.2, 0.25) is 0 Å². The van der Waals surface area contributed by atoms with Crippen LogP contribution in [0.4, 0.5) is 17.1 Å². The Balaban J connectivity index is 0.977. The minimum atomic E-state index is 1.07. The van der Waals surface area contributed by atoms with Crippen molar-refractivity contribution in [2.75, 3.05) is 4.90 Å². The first-order valence-corrected chi connectivity index (χ1v) is 25.5. The Kier molecular flexibility index (Phi) is 10.6. The zero-order valence-electron chi connectivity index (χ0n) is 40.6. The van der Waals surface area contributed by atoms with E-state index in [2.05, 4.69) is 301 Å². The second-order valence-corrected chi connectivity index (χ2v) is 19.2. The Morgan fingerprint density at radius 3 is 1.49 bits per heavy atom. The summed E-state index contributed by atoms with van der Waals surface area (Å²) in [4.78, 5) is 2.46. The fourth-order valence-electron chi connectivity index (χ4n) is 11.6. The topological polar surface area (TPSA) is 8.17 Å². The lowest BCUT2D eigenvalue weighted by molar-refractivity contribution is 1.18. The van der Waals surface area contributed by atoms with Crippen LogP contribution in [-0.2, 0) is 0 Å². The van der Waals surface area contributed by atoms with Crippen molar-refractivity contribution < 1.29 is 0 Å². The van der Waals surface area contributed by atoms with Gasteiger partial charge in [-0.05, 0) is 149 Å².